The lowest BCUT2D eigenvalue weighted by molar-refractivity contribution is -0.278. The van der Waals surface area contributed by atoms with Crippen LogP contribution in [-0.2, 0) is 57.9 Å². The molecule has 0 radical (unpaired) electrons. The van der Waals surface area contributed by atoms with Crippen LogP contribution in [0.2, 0.25) is 0 Å². The van der Waals surface area contributed by atoms with Gasteiger partial charge in [0.25, 0.3) is 0 Å². The second-order valence-electron chi connectivity index (χ2n) is 39.9. The zero-order valence-electron chi connectivity index (χ0n) is 75.1. The number of sulfonamides is 1. The fraction of sp³-hybridized carbons (Fsp3) is 0.780. The van der Waals surface area contributed by atoms with Crippen molar-refractivity contribution in [2.24, 2.45) is 88.4 Å². The molecule has 5 unspecified atom stereocenters. The van der Waals surface area contributed by atoms with Gasteiger partial charge < -0.3 is 134 Å². The number of ether oxygens (including phenoxy) is 6. The van der Waals surface area contributed by atoms with Crippen molar-refractivity contribution in [2.75, 3.05) is 39.9 Å². The van der Waals surface area contributed by atoms with Gasteiger partial charge in [-0.1, -0.05) is 40.0 Å². The number of nitrogens with one attached hydrogen (secondary N) is 10. The third-order valence-electron chi connectivity index (χ3n) is 30.5. The Morgan fingerprint density at radius 1 is 0.641 bits per heavy atom. The van der Waals surface area contributed by atoms with E-state index in [0.717, 1.165) is 57.8 Å². The fourth-order valence-electron chi connectivity index (χ4n) is 23.7. The maximum absolute atomic E-state index is 16.8. The summed E-state index contributed by atoms with van der Waals surface area (Å²) in [5.74, 6) is -16.6. The minimum absolute atomic E-state index is 0.00923. The molecule has 2 saturated heterocycles. The van der Waals surface area contributed by atoms with E-state index in [9.17, 15) is 64.0 Å². The molecule has 2 aromatic carbocycles. The lowest BCUT2D eigenvalue weighted by Gasteiger charge is -2.55. The van der Waals surface area contributed by atoms with Crippen LogP contribution in [0, 0.1) is 76.9 Å². The molecule has 131 heavy (non-hydrogen) atoms. The summed E-state index contributed by atoms with van der Waals surface area (Å²) in [4.78, 5) is 124. The molecule has 732 valence electrons. The van der Waals surface area contributed by atoms with Gasteiger partial charge in [0.2, 0.25) is 63.0 Å². The average molecular weight is 1900 g/mol. The number of carbonyl (C=O) groups excluding carboxylic acids is 8. The van der Waals surface area contributed by atoms with E-state index in [1.807, 2.05) is 13.8 Å². The summed E-state index contributed by atoms with van der Waals surface area (Å²) < 4.78 is 69.9. The summed E-state index contributed by atoms with van der Waals surface area (Å²) in [7, 11) is -2.54. The number of fused-ring (bicyclic) bond motifs is 15. The molecule has 6 heterocycles. The summed E-state index contributed by atoms with van der Waals surface area (Å²) in [6, 6.07) is -5.12. The molecule has 15 bridgehead atoms. The highest BCUT2D eigenvalue weighted by Crippen LogP contribution is 2.55. The van der Waals surface area contributed by atoms with Crippen LogP contribution in [0.1, 0.15) is 187 Å². The van der Waals surface area contributed by atoms with Gasteiger partial charge in [0.15, 0.2) is 17.8 Å². The summed E-state index contributed by atoms with van der Waals surface area (Å²) >= 11 is 15.1. The Morgan fingerprint density at radius 3 is 1.90 bits per heavy atom. The van der Waals surface area contributed by atoms with E-state index in [4.69, 9.17) is 63.1 Å². The Morgan fingerprint density at radius 2 is 1.28 bits per heavy atom. The lowest BCUT2D eigenvalue weighted by Crippen LogP contribution is -2.68. The third-order valence-corrected chi connectivity index (χ3v) is 32.9. The number of rotatable bonds is 27. The fourth-order valence-corrected chi connectivity index (χ4v) is 25.5. The van der Waals surface area contributed by atoms with Crippen LogP contribution in [0.3, 0.4) is 0 Å². The number of halogens is 2. The highest BCUT2D eigenvalue weighted by molar-refractivity contribution is 7.89. The van der Waals surface area contributed by atoms with Crippen molar-refractivity contribution in [1.82, 2.24) is 52.6 Å². The number of amides is 8. The highest BCUT2D eigenvalue weighted by atomic mass is 35.5. The molecule has 17 rings (SSSR count). The van der Waals surface area contributed by atoms with E-state index in [-0.39, 0.29) is 155 Å². The van der Waals surface area contributed by atoms with Gasteiger partial charge in [-0.3, -0.25) is 38.4 Å². The number of hydrogen-bond donors (Lipinski definition) is 21. The number of benzene rings is 2. The molecule has 23 N–H and O–H groups in total. The van der Waals surface area contributed by atoms with E-state index >= 15 is 28.8 Å². The van der Waals surface area contributed by atoms with Crippen molar-refractivity contribution in [2.45, 2.75) is 331 Å². The topological polar surface area (TPSA) is 580 Å². The number of aliphatic hydroxyl groups is 9. The largest absolute Gasteiger partial charge is 0.494 e. The highest BCUT2D eigenvalue weighted by Gasteiger charge is 2.58. The number of nitrogens with two attached hydrogens (primary N) is 2. The van der Waals surface area contributed by atoms with Crippen LogP contribution < -0.4 is 83.0 Å². The van der Waals surface area contributed by atoms with E-state index in [2.05, 4.69) is 59.5 Å². The Bertz CT molecular complexity index is 4380. The maximum Gasteiger partial charge on any atom is 0.247 e. The molecule has 40 heteroatoms. The van der Waals surface area contributed by atoms with Gasteiger partial charge in [0.05, 0.1) is 83.6 Å². The third kappa shape index (κ3) is 23.1. The van der Waals surface area contributed by atoms with Crippen LogP contribution in [0.4, 0.5) is 0 Å². The van der Waals surface area contributed by atoms with Gasteiger partial charge in [0.1, 0.15) is 72.5 Å². The summed E-state index contributed by atoms with van der Waals surface area (Å²) in [6.07, 6.45) is -13.7. The SMILES string of the molecule is CCCCCCOc1ccc(S(=O)(=O)NCCNCC2C(O)C3C4C[C@H](CC[C@H]4O)[C@H]4NC(=O)[C@@H]5NC(=O)[C@H](CC(N)=O)NC(=O)[C@H](NC(=O)[C@@H](CC(C)C)NC)[C@H](O)[C@H]6CC[C@@H](Oc7cc5cc(c7O[C@@H]5C[C@H](CO)[C@@H](O)[C@H](O)[C@H]5O[C@H]5C[C@H](N)[C@H](O)[C@H](C)O5)O[C@@H]5CC[C@@H](C[C@@H]5Cl)[C@@H](O)[C@H](NC4=O)C(=O)N[C@H](C(=O)NC4C5CC7CC(C5)CC4C7)C3C[C@@H]2O)[C@H](Cl)C6)cc1. The number of hydrogen-bond acceptors (Lipinski definition) is 28. The zero-order chi connectivity index (χ0) is 93.9. The van der Waals surface area contributed by atoms with Gasteiger partial charge >= 0.3 is 0 Å². The Balaban J connectivity index is 0.869. The number of alkyl halides is 2. The Hall–Kier alpha value is -6.67. The average Bonchev–Trinajstić information content (AvgIpc) is 0.749. The van der Waals surface area contributed by atoms with Gasteiger partial charge in [-0.25, -0.2) is 13.1 Å². The molecule has 37 nitrogen and oxygen atoms in total. The van der Waals surface area contributed by atoms with Crippen LogP contribution >= 0.6 is 23.2 Å². The van der Waals surface area contributed by atoms with Gasteiger partial charge in [-0.05, 0) is 237 Å². The first-order valence-electron chi connectivity index (χ1n) is 47.6. The smallest absolute Gasteiger partial charge is 0.247 e. The monoisotopic (exact) mass is 1900 g/mol. The molecule has 6 aliphatic heterocycles. The predicted octanol–water partition coefficient (Wildman–Crippen LogP) is -0.241. The molecule has 32 atom stereocenters. The first kappa shape index (κ1) is 100. The molecule has 15 aliphatic rings. The summed E-state index contributed by atoms with van der Waals surface area (Å²) in [6.45, 7) is 6.87. The van der Waals surface area contributed by atoms with Crippen LogP contribution in [0.5, 0.6) is 23.0 Å². The van der Waals surface area contributed by atoms with Gasteiger partial charge in [-0.15, -0.1) is 23.2 Å². The van der Waals surface area contributed by atoms with E-state index in [1.54, 1.807) is 19.1 Å². The van der Waals surface area contributed by atoms with Crippen molar-refractivity contribution in [3.05, 3.63) is 42.0 Å². The predicted molar refractivity (Wildman–Crippen MR) is 474 cm³/mol. The Labute approximate surface area is 774 Å². The molecule has 8 amide bonds. The number of primary amides is 1. The molecular weight excluding hydrogens is 1760 g/mol. The molecule has 0 spiro atoms. The minimum Gasteiger partial charge on any atom is -0.494 e. The number of carbonyl (C=O) groups is 8. The van der Waals surface area contributed by atoms with Crippen LogP contribution in [0.15, 0.2) is 41.3 Å². The minimum atomic E-state index is -4.07. The number of aliphatic hydroxyl groups excluding tert-OH is 9. The number of likely N-dealkylation sites (N-methyl/N-ethyl adjacent to an activating group) is 1. The lowest BCUT2D eigenvalue weighted by atomic mass is 9.54. The van der Waals surface area contributed by atoms with Gasteiger partial charge in [-0.2, -0.15) is 0 Å². The van der Waals surface area contributed by atoms with E-state index < -0.39 is 262 Å². The maximum atomic E-state index is 16.8. The van der Waals surface area contributed by atoms with Crippen molar-refractivity contribution in [3.8, 4) is 23.0 Å². The number of unbranched alkanes of at least 4 members (excludes halogenated alkanes) is 3. The standard InChI is InChI=1S/C91H138Cl2N12O25S/c1-6-7-8-9-22-125-51-13-15-52(16-14-51)131(123,124)98-21-20-97-38-55-62(108)35-54-70(81(55)114)53-29-44(10-17-61(53)107)72-87(118)105-76(91(122)103-74(54)89(120)100-71-47-25-42-24-43(27-47)28-48(71)26-42)79(112)46-12-19-64(57(93)31-46)128-66-33-49-32-65(83(66)129-67-34-50(39-106)80(113)82(115)84(67)130-69-36-58(94)77(110)41(4)126-69)127-63-18-11-45(30-56(63)92)78(111)75(104-85(116)59(96-5)23-40(2)3)90(121)99-60(37-68(95)109)86(117)101-73(49)88(119)102-72/h13-16,32-33,40-48,50,53-64,67,69-82,84,96-98,106-108,110-115H,6-12,17-31,34-39,94H2,1-5H3,(H2,95,109)(H,99,121)(H,100,120)(H,101,117)(H,102,119)(H,103,122)(H,104,116)(H,105,118)/t41-,42?,43?,44-,45-,46-,47?,48?,50+,53?,54?,55?,56+,57-,58-,59+,60-,61+,62-,63+,64+,67+,69-,70?,71?,72+,73+,74-,75+,76-,77+,78+,79+,80+,81?,82-,84-/m0/s1. The van der Waals surface area contributed by atoms with Gasteiger partial charge in [0, 0.05) is 56.6 Å². The second kappa shape index (κ2) is 43.8. The quantitative estimate of drug-likeness (QED) is 0.0405. The molecular formula is C91H138Cl2N12O25S. The van der Waals surface area contributed by atoms with Crippen molar-refractivity contribution < 1.29 is 121 Å². The first-order chi connectivity index (χ1) is 62.5. The molecule has 2 aromatic rings. The molecule has 11 fully saturated rings. The van der Waals surface area contributed by atoms with Crippen molar-refractivity contribution >= 4 is 80.5 Å². The van der Waals surface area contributed by atoms with Crippen molar-refractivity contribution in [3.63, 3.8) is 0 Å². The van der Waals surface area contributed by atoms with E-state index in [1.165, 1.54) is 31.3 Å². The van der Waals surface area contributed by atoms with Crippen LogP contribution in [-0.4, -0.2) is 286 Å². The summed E-state index contributed by atoms with van der Waals surface area (Å²) in [5.41, 5.74) is 12.1. The molecule has 0 aromatic heterocycles. The Kier molecular flexibility index (Phi) is 33.5. The second-order valence-corrected chi connectivity index (χ2v) is 42.8. The molecule has 9 saturated carbocycles. The van der Waals surface area contributed by atoms with Crippen LogP contribution in [0.25, 0.3) is 0 Å². The van der Waals surface area contributed by atoms with Crippen molar-refractivity contribution in [1.29, 1.82) is 0 Å². The zero-order valence-corrected chi connectivity index (χ0v) is 77.4. The summed E-state index contributed by atoms with van der Waals surface area (Å²) in [5, 5.41) is 135. The normalized spacial score (nSPS) is 40.0. The molecule has 9 aliphatic carbocycles. The first-order valence-corrected chi connectivity index (χ1v) is 49.9. The van der Waals surface area contributed by atoms with E-state index in [0.29, 0.717) is 24.2 Å².